The molecule has 0 saturated carbocycles. The topological polar surface area (TPSA) is 64.6 Å². The molecular weight excluding hydrogens is 566 g/mol. The van der Waals surface area contributed by atoms with Crippen molar-refractivity contribution in [3.63, 3.8) is 0 Å². The minimum absolute atomic E-state index is 0.196. The third-order valence-electron chi connectivity index (χ3n) is 4.11. The smallest absolute Gasteiger partial charge is 0.422 e. The molecule has 1 N–H and O–H groups in total. The van der Waals surface area contributed by atoms with Crippen LogP contribution in [0.3, 0.4) is 0 Å². The molecule has 0 aliphatic heterocycles. The van der Waals surface area contributed by atoms with E-state index < -0.39 is 87.6 Å². The van der Waals surface area contributed by atoms with E-state index in [1.807, 2.05) is 0 Å². The summed E-state index contributed by atoms with van der Waals surface area (Å²) in [6, 6.07) is 1.69. The van der Waals surface area contributed by atoms with Gasteiger partial charge in [-0.1, -0.05) is 0 Å². The average Bonchev–Trinajstić information content (AvgIpc) is 2.72. The maximum Gasteiger partial charge on any atom is 0.422 e. The van der Waals surface area contributed by atoms with Crippen LogP contribution in [0.25, 0.3) is 0 Å². The average molecular weight is 579 g/mol. The first-order chi connectivity index (χ1) is 16.6. The number of alkyl halides is 12. The van der Waals surface area contributed by atoms with Crippen LogP contribution in [0.15, 0.2) is 41.3 Å². The van der Waals surface area contributed by atoms with E-state index in [-0.39, 0.29) is 18.2 Å². The molecule has 18 heteroatoms. The number of hydrogen-bond acceptors (Lipinski definition) is 4. The molecule has 0 atom stereocenters. The van der Waals surface area contributed by atoms with Crippen LogP contribution in [0, 0.1) is 0 Å². The monoisotopic (exact) mass is 579 g/mol. The molecule has 0 heterocycles. The quantitative estimate of drug-likeness (QED) is 0.385. The fraction of sp³-hybridized carbons (Fsp3) is 0.368. The SMILES string of the molecule is O=S(=O)(NCc1cc(C(F)(F)F)cc(C(F)(F)F)c1)c1cc(OCC(F)(F)F)ccc1OCC(F)(F)F. The highest BCUT2D eigenvalue weighted by molar-refractivity contribution is 7.89. The first kappa shape index (κ1) is 30.3. The predicted molar refractivity (Wildman–Crippen MR) is 100 cm³/mol. The van der Waals surface area contributed by atoms with E-state index in [0.717, 1.165) is 0 Å². The van der Waals surface area contributed by atoms with Crippen LogP contribution in [0.5, 0.6) is 11.5 Å². The second-order valence-electron chi connectivity index (χ2n) is 7.15. The predicted octanol–water partition coefficient (Wildman–Crippen LogP) is 6.08. The zero-order valence-electron chi connectivity index (χ0n) is 17.7. The Hall–Kier alpha value is -2.89. The standard InChI is InChI=1S/C19H13F12NO4S/c20-16(21,22)8-35-13-1-2-14(36-9-17(23,24)25)15(6-13)37(33,34)32-7-10-3-11(18(26,27)28)5-12(4-10)19(29,30)31/h1-6,32H,7-9H2. The zero-order valence-corrected chi connectivity index (χ0v) is 18.5. The summed E-state index contributed by atoms with van der Waals surface area (Å²) < 4.78 is 188. The highest BCUT2D eigenvalue weighted by Crippen LogP contribution is 2.37. The van der Waals surface area contributed by atoms with Gasteiger partial charge in [0.25, 0.3) is 0 Å². The van der Waals surface area contributed by atoms with Gasteiger partial charge in [0.1, 0.15) is 16.4 Å². The molecule has 208 valence electrons. The van der Waals surface area contributed by atoms with Crippen LogP contribution in [0.1, 0.15) is 16.7 Å². The molecule has 0 bridgehead atoms. The Bertz CT molecular complexity index is 1170. The maximum atomic E-state index is 13.0. The molecule has 0 saturated heterocycles. The summed E-state index contributed by atoms with van der Waals surface area (Å²) in [5, 5.41) is 0. The summed E-state index contributed by atoms with van der Waals surface area (Å²) in [4.78, 5) is -1.22. The maximum absolute atomic E-state index is 13.0. The zero-order chi connectivity index (χ0) is 28.4. The number of nitrogens with one attached hydrogen (secondary N) is 1. The van der Waals surface area contributed by atoms with E-state index in [1.165, 1.54) is 0 Å². The number of hydrogen-bond donors (Lipinski definition) is 1. The van der Waals surface area contributed by atoms with Gasteiger partial charge in [0.05, 0.1) is 11.1 Å². The largest absolute Gasteiger partial charge is 0.484 e. The van der Waals surface area contributed by atoms with Gasteiger partial charge in [0, 0.05) is 12.6 Å². The van der Waals surface area contributed by atoms with Crippen LogP contribution in [-0.2, 0) is 28.9 Å². The Morgan fingerprint density at radius 2 is 1.16 bits per heavy atom. The molecule has 2 aromatic rings. The molecular formula is C19H13F12NO4S. The molecule has 0 aliphatic carbocycles. The van der Waals surface area contributed by atoms with Crippen LogP contribution >= 0.6 is 0 Å². The van der Waals surface area contributed by atoms with Crippen molar-refractivity contribution in [1.29, 1.82) is 0 Å². The molecule has 5 nitrogen and oxygen atoms in total. The van der Waals surface area contributed by atoms with Crippen molar-refractivity contribution in [2.45, 2.75) is 36.1 Å². The van der Waals surface area contributed by atoms with E-state index in [4.69, 9.17) is 0 Å². The van der Waals surface area contributed by atoms with Gasteiger partial charge in [-0.05, 0) is 35.9 Å². The van der Waals surface area contributed by atoms with Crippen molar-refractivity contribution >= 4 is 10.0 Å². The molecule has 0 fully saturated rings. The van der Waals surface area contributed by atoms with Crippen molar-refractivity contribution in [3.05, 3.63) is 53.1 Å². The lowest BCUT2D eigenvalue weighted by Crippen LogP contribution is -2.26. The number of benzene rings is 2. The molecule has 2 aromatic carbocycles. The van der Waals surface area contributed by atoms with E-state index in [1.54, 1.807) is 4.72 Å². The Kier molecular flexibility index (Phi) is 8.58. The van der Waals surface area contributed by atoms with E-state index in [2.05, 4.69) is 9.47 Å². The highest BCUT2D eigenvalue weighted by Gasteiger charge is 2.37. The molecule has 0 amide bonds. The summed E-state index contributed by atoms with van der Waals surface area (Å²) >= 11 is 0. The first-order valence-electron chi connectivity index (χ1n) is 9.38. The minimum atomic E-state index is -5.25. The third-order valence-corrected chi connectivity index (χ3v) is 5.53. The summed E-state index contributed by atoms with van der Waals surface area (Å²) in [5.41, 5.74) is -4.38. The van der Waals surface area contributed by atoms with Gasteiger partial charge in [-0.25, -0.2) is 13.1 Å². The third kappa shape index (κ3) is 9.49. The number of halogens is 12. The molecule has 0 unspecified atom stereocenters. The number of ether oxygens (including phenoxy) is 2. The lowest BCUT2D eigenvalue weighted by molar-refractivity contribution is -0.154. The van der Waals surface area contributed by atoms with Gasteiger partial charge in [-0.15, -0.1) is 0 Å². The highest BCUT2D eigenvalue weighted by atomic mass is 32.2. The van der Waals surface area contributed by atoms with Gasteiger partial charge < -0.3 is 9.47 Å². The van der Waals surface area contributed by atoms with Gasteiger partial charge in [-0.3, -0.25) is 0 Å². The van der Waals surface area contributed by atoms with Crippen molar-refractivity contribution in [1.82, 2.24) is 4.72 Å². The fourth-order valence-corrected chi connectivity index (χ4v) is 3.78. The Morgan fingerprint density at radius 1 is 0.676 bits per heavy atom. The number of sulfonamides is 1. The number of rotatable bonds is 8. The van der Waals surface area contributed by atoms with Crippen molar-refractivity contribution in [3.8, 4) is 11.5 Å². The second-order valence-corrected chi connectivity index (χ2v) is 8.89. The van der Waals surface area contributed by atoms with Gasteiger partial charge in [0.2, 0.25) is 10.0 Å². The summed E-state index contributed by atoms with van der Waals surface area (Å²) in [6.45, 7) is -5.18. The Morgan fingerprint density at radius 3 is 1.62 bits per heavy atom. The Labute approximate surface area is 200 Å². The summed E-state index contributed by atoms with van der Waals surface area (Å²) in [7, 11) is -5.10. The first-order valence-corrected chi connectivity index (χ1v) is 10.9. The van der Waals surface area contributed by atoms with Gasteiger partial charge in [-0.2, -0.15) is 52.7 Å². The lowest BCUT2D eigenvalue weighted by Gasteiger charge is -2.17. The van der Waals surface area contributed by atoms with Crippen molar-refractivity contribution in [2.24, 2.45) is 0 Å². The fourth-order valence-electron chi connectivity index (χ4n) is 2.61. The Balaban J connectivity index is 2.43. The minimum Gasteiger partial charge on any atom is -0.484 e. The second kappa shape index (κ2) is 10.5. The van der Waals surface area contributed by atoms with Gasteiger partial charge >= 0.3 is 24.7 Å². The van der Waals surface area contributed by atoms with E-state index >= 15 is 0 Å². The van der Waals surface area contributed by atoms with Crippen LogP contribution in [0.2, 0.25) is 0 Å². The summed E-state index contributed by atoms with van der Waals surface area (Å²) in [6.07, 6.45) is -20.4. The molecule has 0 radical (unpaired) electrons. The normalized spacial score (nSPS) is 13.5. The summed E-state index contributed by atoms with van der Waals surface area (Å²) in [5.74, 6) is -1.83. The molecule has 0 spiro atoms. The van der Waals surface area contributed by atoms with Crippen LogP contribution in [-0.4, -0.2) is 34.0 Å². The van der Waals surface area contributed by atoms with Crippen LogP contribution in [0.4, 0.5) is 52.7 Å². The molecule has 2 rings (SSSR count). The molecule has 37 heavy (non-hydrogen) atoms. The van der Waals surface area contributed by atoms with Gasteiger partial charge in [0.15, 0.2) is 13.2 Å². The van der Waals surface area contributed by atoms with E-state index in [9.17, 15) is 61.1 Å². The lowest BCUT2D eigenvalue weighted by atomic mass is 10.0. The van der Waals surface area contributed by atoms with Crippen LogP contribution < -0.4 is 14.2 Å². The van der Waals surface area contributed by atoms with Crippen molar-refractivity contribution in [2.75, 3.05) is 13.2 Å². The van der Waals surface area contributed by atoms with Crippen molar-refractivity contribution < 1.29 is 70.6 Å². The van der Waals surface area contributed by atoms with E-state index in [0.29, 0.717) is 18.2 Å². The molecule has 0 aromatic heterocycles. The molecule has 0 aliphatic rings.